The number of amides is 1. The highest BCUT2D eigenvalue weighted by molar-refractivity contribution is 7.88. The molecule has 0 bridgehead atoms. The first kappa shape index (κ1) is 16.2. The maximum absolute atomic E-state index is 11.4. The second kappa shape index (κ2) is 5.68. The van der Waals surface area contributed by atoms with E-state index in [0.717, 1.165) is 6.26 Å². The second-order valence-corrected chi connectivity index (χ2v) is 7.18. The van der Waals surface area contributed by atoms with E-state index in [9.17, 15) is 13.2 Å². The van der Waals surface area contributed by atoms with Gasteiger partial charge < -0.3 is 10.1 Å². The number of nitrogens with one attached hydrogen (secondary N) is 1. The van der Waals surface area contributed by atoms with Gasteiger partial charge in [0.25, 0.3) is 0 Å². The number of alkyl carbamates (subject to hydrolysis) is 1. The van der Waals surface area contributed by atoms with Crippen LogP contribution in [0.3, 0.4) is 0 Å². The molecule has 102 valence electrons. The van der Waals surface area contributed by atoms with Gasteiger partial charge in [-0.2, -0.15) is 0 Å². The largest absolute Gasteiger partial charge is 0.444 e. The van der Waals surface area contributed by atoms with Crippen LogP contribution in [0.25, 0.3) is 0 Å². The van der Waals surface area contributed by atoms with E-state index in [1.807, 2.05) is 0 Å². The molecule has 7 heteroatoms. The number of sulfonamides is 1. The Morgan fingerprint density at radius 3 is 2.24 bits per heavy atom. The lowest BCUT2D eigenvalue weighted by Gasteiger charge is -2.23. The lowest BCUT2D eigenvalue weighted by atomic mass is 10.2. The number of carbonyl (C=O) groups excluding carboxylic acids is 1. The van der Waals surface area contributed by atoms with Crippen molar-refractivity contribution in [1.29, 1.82) is 0 Å². The van der Waals surface area contributed by atoms with Crippen LogP contribution in [0.4, 0.5) is 4.79 Å². The number of likely N-dealkylation sites (N-methyl/N-ethyl adjacent to an activating group) is 1. The highest BCUT2D eigenvalue weighted by Gasteiger charge is 2.20. The van der Waals surface area contributed by atoms with Crippen LogP contribution < -0.4 is 5.32 Å². The van der Waals surface area contributed by atoms with Crippen molar-refractivity contribution in [1.82, 2.24) is 9.62 Å². The molecule has 0 saturated carbocycles. The smallest absolute Gasteiger partial charge is 0.407 e. The summed E-state index contributed by atoms with van der Waals surface area (Å²) in [6, 6.07) is -0.315. The van der Waals surface area contributed by atoms with Crippen molar-refractivity contribution >= 4 is 16.1 Å². The highest BCUT2D eigenvalue weighted by atomic mass is 32.2. The first-order valence-electron chi connectivity index (χ1n) is 5.32. The maximum Gasteiger partial charge on any atom is 0.407 e. The minimum Gasteiger partial charge on any atom is -0.444 e. The Bertz CT molecular complexity index is 359. The van der Waals surface area contributed by atoms with Gasteiger partial charge in [-0.15, -0.1) is 0 Å². The van der Waals surface area contributed by atoms with Gasteiger partial charge in [0.1, 0.15) is 5.60 Å². The van der Waals surface area contributed by atoms with Gasteiger partial charge in [-0.3, -0.25) is 0 Å². The van der Waals surface area contributed by atoms with E-state index in [0.29, 0.717) is 0 Å². The van der Waals surface area contributed by atoms with E-state index in [2.05, 4.69) is 5.32 Å². The van der Waals surface area contributed by atoms with Gasteiger partial charge in [0.15, 0.2) is 0 Å². The Hall–Kier alpha value is -0.820. The summed E-state index contributed by atoms with van der Waals surface area (Å²) in [7, 11) is -1.77. The third kappa shape index (κ3) is 7.98. The number of hydrogen-bond donors (Lipinski definition) is 1. The summed E-state index contributed by atoms with van der Waals surface area (Å²) >= 11 is 0. The number of carbonyl (C=O) groups is 1. The van der Waals surface area contributed by atoms with Gasteiger partial charge in [0.2, 0.25) is 10.0 Å². The van der Waals surface area contributed by atoms with E-state index in [-0.39, 0.29) is 12.6 Å². The molecule has 6 nitrogen and oxygen atoms in total. The Kier molecular flexibility index (Phi) is 5.41. The van der Waals surface area contributed by atoms with Crippen molar-refractivity contribution in [3.8, 4) is 0 Å². The molecule has 0 fully saturated rings. The normalized spacial score (nSPS) is 14.5. The zero-order valence-corrected chi connectivity index (χ0v) is 12.1. The summed E-state index contributed by atoms with van der Waals surface area (Å²) in [5.41, 5.74) is -0.563. The fourth-order valence-corrected chi connectivity index (χ4v) is 1.57. The molecule has 0 spiro atoms. The maximum atomic E-state index is 11.4. The minimum absolute atomic E-state index is 0.206. The van der Waals surface area contributed by atoms with E-state index in [4.69, 9.17) is 4.74 Å². The van der Waals surface area contributed by atoms with E-state index < -0.39 is 21.7 Å². The predicted octanol–water partition coefficient (Wildman–Crippen LogP) is 0.791. The molecule has 1 amide bonds. The summed E-state index contributed by atoms with van der Waals surface area (Å²) in [6.45, 7) is 7.21. The van der Waals surface area contributed by atoms with Gasteiger partial charge in [0.05, 0.1) is 6.26 Å². The molecule has 1 N–H and O–H groups in total. The lowest BCUT2D eigenvalue weighted by Crippen LogP contribution is -2.44. The van der Waals surface area contributed by atoms with Crippen LogP contribution in [0.1, 0.15) is 27.7 Å². The molecule has 0 aliphatic heterocycles. The Labute approximate surface area is 103 Å². The number of nitrogens with zero attached hydrogens (tertiary/aromatic N) is 1. The van der Waals surface area contributed by atoms with Gasteiger partial charge in [-0.1, -0.05) is 0 Å². The van der Waals surface area contributed by atoms with Crippen molar-refractivity contribution < 1.29 is 17.9 Å². The van der Waals surface area contributed by atoms with Crippen molar-refractivity contribution in [2.24, 2.45) is 0 Å². The van der Waals surface area contributed by atoms with Crippen LogP contribution >= 0.6 is 0 Å². The van der Waals surface area contributed by atoms with Gasteiger partial charge in [-0.25, -0.2) is 17.5 Å². The zero-order valence-electron chi connectivity index (χ0n) is 11.3. The molecular formula is C10H22N2O4S. The Balaban J connectivity index is 4.20. The molecule has 0 rings (SSSR count). The number of ether oxygens (including phenoxy) is 1. The standard InChI is InChI=1S/C10H22N2O4S/c1-8(7-12(5)17(6,14)15)11-9(13)16-10(2,3)4/h8H,7H2,1-6H3,(H,11,13)/t8-/m0/s1. The summed E-state index contributed by atoms with van der Waals surface area (Å²) in [6.07, 6.45) is 0.569. The summed E-state index contributed by atoms with van der Waals surface area (Å²) < 4.78 is 28.6. The third-order valence-corrected chi connectivity index (χ3v) is 3.14. The molecule has 0 radical (unpaired) electrons. The van der Waals surface area contributed by atoms with Crippen LogP contribution in [0.5, 0.6) is 0 Å². The summed E-state index contributed by atoms with van der Waals surface area (Å²) in [5, 5.41) is 2.57. The van der Waals surface area contributed by atoms with Gasteiger partial charge in [0, 0.05) is 19.6 Å². The first-order valence-corrected chi connectivity index (χ1v) is 7.17. The third-order valence-electron chi connectivity index (χ3n) is 1.86. The molecule has 1 atom stereocenters. The fraction of sp³-hybridized carbons (Fsp3) is 0.900. The minimum atomic E-state index is -3.23. The topological polar surface area (TPSA) is 75.7 Å². The van der Waals surface area contributed by atoms with E-state index in [1.165, 1.54) is 11.4 Å². The molecule has 0 aliphatic rings. The molecule has 0 aromatic carbocycles. The van der Waals surface area contributed by atoms with Crippen LogP contribution in [-0.2, 0) is 14.8 Å². The first-order chi connectivity index (χ1) is 7.42. The summed E-state index contributed by atoms with van der Waals surface area (Å²) in [4.78, 5) is 11.4. The molecule has 0 aromatic heterocycles. The molecule has 17 heavy (non-hydrogen) atoms. The Morgan fingerprint density at radius 2 is 1.88 bits per heavy atom. The van der Waals surface area contributed by atoms with Crippen LogP contribution in [0.15, 0.2) is 0 Å². The Morgan fingerprint density at radius 1 is 1.41 bits per heavy atom. The van der Waals surface area contributed by atoms with Gasteiger partial charge in [-0.05, 0) is 27.7 Å². The van der Waals surface area contributed by atoms with Crippen LogP contribution in [-0.4, -0.2) is 50.3 Å². The van der Waals surface area contributed by atoms with E-state index in [1.54, 1.807) is 27.7 Å². The average molecular weight is 266 g/mol. The monoisotopic (exact) mass is 266 g/mol. The van der Waals surface area contributed by atoms with Crippen molar-refractivity contribution in [3.05, 3.63) is 0 Å². The number of hydrogen-bond acceptors (Lipinski definition) is 4. The average Bonchev–Trinajstić information content (AvgIpc) is 1.96. The lowest BCUT2D eigenvalue weighted by molar-refractivity contribution is 0.0504. The molecule has 0 saturated heterocycles. The van der Waals surface area contributed by atoms with Crippen molar-refractivity contribution in [2.75, 3.05) is 19.8 Å². The molecule has 0 aliphatic carbocycles. The molecule has 0 heterocycles. The van der Waals surface area contributed by atoms with Crippen molar-refractivity contribution in [3.63, 3.8) is 0 Å². The predicted molar refractivity (Wildman–Crippen MR) is 66.3 cm³/mol. The van der Waals surface area contributed by atoms with E-state index >= 15 is 0 Å². The summed E-state index contributed by atoms with van der Waals surface area (Å²) in [5.74, 6) is 0. The molecule has 0 aromatic rings. The highest BCUT2D eigenvalue weighted by Crippen LogP contribution is 2.07. The van der Waals surface area contributed by atoms with Crippen LogP contribution in [0, 0.1) is 0 Å². The van der Waals surface area contributed by atoms with Crippen LogP contribution in [0.2, 0.25) is 0 Å². The quantitative estimate of drug-likeness (QED) is 0.816. The van der Waals surface area contributed by atoms with Crippen molar-refractivity contribution in [2.45, 2.75) is 39.3 Å². The van der Waals surface area contributed by atoms with Gasteiger partial charge >= 0.3 is 6.09 Å². The zero-order chi connectivity index (χ0) is 13.9. The molecule has 0 unspecified atom stereocenters. The second-order valence-electron chi connectivity index (χ2n) is 5.09. The number of rotatable bonds is 4. The molecular weight excluding hydrogens is 244 g/mol. The fourth-order valence-electron chi connectivity index (χ4n) is 1.08. The SMILES string of the molecule is C[C@@H](CN(C)S(C)(=O)=O)NC(=O)OC(C)(C)C.